The lowest BCUT2D eigenvalue weighted by Crippen LogP contribution is -2.22. The monoisotopic (exact) mass is 402 g/mol. The summed E-state index contributed by atoms with van der Waals surface area (Å²) in [4.78, 5) is 9.99. The topological polar surface area (TPSA) is 75.6 Å². The van der Waals surface area contributed by atoms with Gasteiger partial charge in [0.25, 0.3) is 0 Å². The minimum Gasteiger partial charge on any atom is -0.398 e. The summed E-state index contributed by atoms with van der Waals surface area (Å²) in [5.74, 6) is 2.31. The highest BCUT2D eigenvalue weighted by molar-refractivity contribution is 5.62. The fraction of sp³-hybridized carbons (Fsp3) is 0.577. The number of aromatic nitrogens is 2. The van der Waals surface area contributed by atoms with E-state index in [0.717, 1.165) is 37.9 Å². The molecule has 2 N–H and O–H groups in total. The molecule has 30 heavy (non-hydrogen) atoms. The van der Waals surface area contributed by atoms with Crippen LogP contribution >= 0.6 is 0 Å². The first-order valence-electron chi connectivity index (χ1n) is 11.8. The number of hydrogen-bond acceptors (Lipinski definition) is 4. The van der Waals surface area contributed by atoms with Crippen LogP contribution in [0.25, 0.3) is 0 Å². The van der Waals surface area contributed by atoms with Gasteiger partial charge >= 0.3 is 0 Å². The Morgan fingerprint density at radius 2 is 1.90 bits per heavy atom. The zero-order valence-corrected chi connectivity index (χ0v) is 18.7. The molecule has 4 rings (SSSR count). The maximum absolute atomic E-state index is 9.92. The summed E-state index contributed by atoms with van der Waals surface area (Å²) >= 11 is 0. The van der Waals surface area contributed by atoms with E-state index in [0.29, 0.717) is 29.0 Å². The van der Waals surface area contributed by atoms with Crippen LogP contribution in [0.4, 0.5) is 5.69 Å². The number of nitriles is 1. The number of fused-ring (bicyclic) bond motifs is 1. The number of hydrogen-bond donors (Lipinski definition) is 1. The van der Waals surface area contributed by atoms with Crippen molar-refractivity contribution in [1.29, 1.82) is 5.26 Å². The Bertz CT molecular complexity index is 966. The Balaban J connectivity index is 1.78. The summed E-state index contributed by atoms with van der Waals surface area (Å²) in [6.07, 6.45) is 10.0. The number of nitrogens with zero attached hydrogens (tertiary/aromatic N) is 3. The molecular formula is C26H34N4. The zero-order chi connectivity index (χ0) is 21.3. The van der Waals surface area contributed by atoms with Gasteiger partial charge in [-0.15, -0.1) is 0 Å². The van der Waals surface area contributed by atoms with Crippen molar-refractivity contribution in [3.63, 3.8) is 0 Å². The van der Waals surface area contributed by atoms with Gasteiger partial charge in [0.1, 0.15) is 11.9 Å². The highest BCUT2D eigenvalue weighted by Crippen LogP contribution is 2.43. The van der Waals surface area contributed by atoms with E-state index in [1.807, 2.05) is 6.07 Å². The van der Waals surface area contributed by atoms with E-state index in [9.17, 15) is 5.26 Å². The van der Waals surface area contributed by atoms with Gasteiger partial charge in [-0.2, -0.15) is 5.26 Å². The molecule has 2 aliphatic rings. The molecule has 1 aromatic carbocycles. The van der Waals surface area contributed by atoms with Crippen molar-refractivity contribution in [2.24, 2.45) is 0 Å². The molecule has 158 valence electrons. The van der Waals surface area contributed by atoms with E-state index in [2.05, 4.69) is 32.9 Å². The number of anilines is 1. The molecule has 0 aliphatic heterocycles. The highest BCUT2D eigenvalue weighted by Gasteiger charge is 2.32. The SMILES string of the molecule is CCc1nc2c(c(C3CCCC3)n1)CCC(c1c(C(C)CC)ccc(N)c1C#N)C2. The van der Waals surface area contributed by atoms with E-state index in [4.69, 9.17) is 15.7 Å². The van der Waals surface area contributed by atoms with Gasteiger partial charge in [0, 0.05) is 23.7 Å². The average molecular weight is 403 g/mol. The van der Waals surface area contributed by atoms with Crippen LogP contribution in [0.3, 0.4) is 0 Å². The number of nitrogens with two attached hydrogens (primary N) is 1. The Morgan fingerprint density at radius 3 is 2.57 bits per heavy atom. The van der Waals surface area contributed by atoms with Gasteiger partial charge in [-0.3, -0.25) is 0 Å². The Morgan fingerprint density at radius 1 is 1.13 bits per heavy atom. The van der Waals surface area contributed by atoms with Crippen LogP contribution in [0.5, 0.6) is 0 Å². The molecule has 0 saturated heterocycles. The zero-order valence-electron chi connectivity index (χ0n) is 18.7. The molecule has 0 amide bonds. The molecule has 2 atom stereocenters. The van der Waals surface area contributed by atoms with E-state index in [1.165, 1.54) is 53.8 Å². The first kappa shape index (κ1) is 20.8. The summed E-state index contributed by atoms with van der Waals surface area (Å²) < 4.78 is 0. The summed E-state index contributed by atoms with van der Waals surface area (Å²) in [5.41, 5.74) is 14.0. The second-order valence-corrected chi connectivity index (χ2v) is 9.18. The third-order valence-electron chi connectivity index (χ3n) is 7.39. The van der Waals surface area contributed by atoms with Gasteiger partial charge in [-0.1, -0.05) is 39.7 Å². The third-order valence-corrected chi connectivity index (χ3v) is 7.39. The maximum atomic E-state index is 9.92. The molecule has 2 aliphatic carbocycles. The third kappa shape index (κ3) is 3.71. The standard InChI is InChI=1S/C26H34N4/c1-4-16(3)19-12-13-22(28)21(15-27)25(19)18-10-11-20-23(14-18)29-24(5-2)30-26(20)17-8-6-7-9-17/h12-13,16-18H,4-11,14,28H2,1-3H3. The number of nitrogen functional groups attached to an aromatic ring is 1. The van der Waals surface area contributed by atoms with Crippen LogP contribution < -0.4 is 5.73 Å². The summed E-state index contributed by atoms with van der Waals surface area (Å²) in [7, 11) is 0. The lowest BCUT2D eigenvalue weighted by molar-refractivity contribution is 0.540. The quantitative estimate of drug-likeness (QED) is 0.628. The molecule has 0 bridgehead atoms. The van der Waals surface area contributed by atoms with Gasteiger partial charge in [-0.05, 0) is 73.1 Å². The smallest absolute Gasteiger partial charge is 0.128 e. The van der Waals surface area contributed by atoms with E-state index in [-0.39, 0.29) is 0 Å². The van der Waals surface area contributed by atoms with Gasteiger partial charge in [0.2, 0.25) is 0 Å². The van der Waals surface area contributed by atoms with Gasteiger partial charge in [0.05, 0.1) is 11.3 Å². The summed E-state index contributed by atoms with van der Waals surface area (Å²) in [6, 6.07) is 6.49. The van der Waals surface area contributed by atoms with Crippen molar-refractivity contribution < 1.29 is 0 Å². The molecule has 2 unspecified atom stereocenters. The fourth-order valence-corrected chi connectivity index (χ4v) is 5.51. The lowest BCUT2D eigenvalue weighted by Gasteiger charge is -2.30. The lowest BCUT2D eigenvalue weighted by atomic mass is 9.75. The van der Waals surface area contributed by atoms with Crippen molar-refractivity contribution in [3.8, 4) is 6.07 Å². The van der Waals surface area contributed by atoms with Crippen LogP contribution in [0, 0.1) is 11.3 Å². The molecule has 1 saturated carbocycles. The first-order valence-corrected chi connectivity index (χ1v) is 11.8. The summed E-state index contributed by atoms with van der Waals surface area (Å²) in [5, 5.41) is 9.92. The van der Waals surface area contributed by atoms with Crippen molar-refractivity contribution in [2.75, 3.05) is 5.73 Å². The molecular weight excluding hydrogens is 368 g/mol. The van der Waals surface area contributed by atoms with Crippen molar-refractivity contribution >= 4 is 5.69 Å². The number of aryl methyl sites for hydroxylation is 1. The molecule has 1 aromatic heterocycles. The van der Waals surface area contributed by atoms with E-state index < -0.39 is 0 Å². The second kappa shape index (κ2) is 8.76. The average Bonchev–Trinajstić information content (AvgIpc) is 3.31. The van der Waals surface area contributed by atoms with Crippen molar-refractivity contribution in [1.82, 2.24) is 9.97 Å². The van der Waals surface area contributed by atoms with Crippen molar-refractivity contribution in [2.45, 2.75) is 96.3 Å². The van der Waals surface area contributed by atoms with Gasteiger partial charge in [0.15, 0.2) is 0 Å². The molecule has 1 fully saturated rings. The molecule has 4 heteroatoms. The molecule has 0 radical (unpaired) electrons. The molecule has 0 spiro atoms. The molecule has 1 heterocycles. The maximum Gasteiger partial charge on any atom is 0.128 e. The van der Waals surface area contributed by atoms with Crippen LogP contribution in [0.2, 0.25) is 0 Å². The van der Waals surface area contributed by atoms with Crippen LogP contribution in [0.1, 0.15) is 117 Å². The van der Waals surface area contributed by atoms with Gasteiger partial charge < -0.3 is 5.73 Å². The highest BCUT2D eigenvalue weighted by atomic mass is 14.9. The molecule has 4 nitrogen and oxygen atoms in total. The fourth-order valence-electron chi connectivity index (χ4n) is 5.51. The Hall–Kier alpha value is -2.41. The largest absolute Gasteiger partial charge is 0.398 e. The van der Waals surface area contributed by atoms with Crippen molar-refractivity contribution in [3.05, 3.63) is 51.6 Å². The number of benzene rings is 1. The second-order valence-electron chi connectivity index (χ2n) is 9.18. The van der Waals surface area contributed by atoms with E-state index >= 15 is 0 Å². The first-order chi connectivity index (χ1) is 14.6. The minimum absolute atomic E-state index is 0.302. The van der Waals surface area contributed by atoms with E-state index in [1.54, 1.807) is 0 Å². The predicted octanol–water partition coefficient (Wildman–Crippen LogP) is 5.94. The van der Waals surface area contributed by atoms with Gasteiger partial charge in [-0.25, -0.2) is 9.97 Å². The van der Waals surface area contributed by atoms with Crippen LogP contribution in [0.15, 0.2) is 12.1 Å². The number of rotatable bonds is 5. The van der Waals surface area contributed by atoms with Crippen LogP contribution in [-0.2, 0) is 19.3 Å². The summed E-state index contributed by atoms with van der Waals surface area (Å²) in [6.45, 7) is 6.61. The molecule has 2 aromatic rings. The Kier molecular flexibility index (Phi) is 6.09. The Labute approximate surface area is 180 Å². The predicted molar refractivity (Wildman–Crippen MR) is 122 cm³/mol. The minimum atomic E-state index is 0.302. The normalized spacial score (nSPS) is 20.0. The van der Waals surface area contributed by atoms with Crippen LogP contribution in [-0.4, -0.2) is 9.97 Å².